The lowest BCUT2D eigenvalue weighted by atomic mass is 9.98. The molecule has 2 nitrogen and oxygen atoms in total. The van der Waals surface area contributed by atoms with Crippen molar-refractivity contribution in [3.05, 3.63) is 95.6 Å². The molecule has 5 heteroatoms. The van der Waals surface area contributed by atoms with Crippen LogP contribution in [0.3, 0.4) is 0 Å². The van der Waals surface area contributed by atoms with Crippen LogP contribution in [0, 0.1) is 0 Å². The van der Waals surface area contributed by atoms with Crippen molar-refractivity contribution in [2.24, 2.45) is 0 Å². The molecule has 1 aliphatic rings. The van der Waals surface area contributed by atoms with Crippen molar-refractivity contribution in [1.29, 1.82) is 0 Å². The number of alkyl halides is 3. The molecule has 0 saturated carbocycles. The minimum absolute atomic E-state index is 0.0443. The van der Waals surface area contributed by atoms with E-state index in [4.69, 9.17) is 4.74 Å². The van der Waals surface area contributed by atoms with Crippen molar-refractivity contribution in [3.8, 4) is 11.1 Å². The van der Waals surface area contributed by atoms with E-state index in [0.717, 1.165) is 36.8 Å². The lowest BCUT2D eigenvalue weighted by Gasteiger charge is -2.33. The van der Waals surface area contributed by atoms with Crippen LogP contribution in [-0.2, 0) is 17.5 Å². The standard InChI is InChI=1S/C24H22F3NO/c25-24(26,27)22-9-5-4-8-21(22)19-12-10-18(11-13-19)16-28-14-15-29-23(17-28)20-6-2-1-3-7-20/h1-13,23H,14-17H2/t23-/m0/s1. The van der Waals surface area contributed by atoms with Gasteiger partial charge in [0.25, 0.3) is 0 Å². The maximum atomic E-state index is 13.3. The Bertz CT molecular complexity index is 938. The van der Waals surface area contributed by atoms with E-state index < -0.39 is 11.7 Å². The predicted octanol–water partition coefficient (Wildman–Crippen LogP) is 5.95. The van der Waals surface area contributed by atoms with Crippen LogP contribution in [0.2, 0.25) is 0 Å². The van der Waals surface area contributed by atoms with E-state index in [1.165, 1.54) is 12.1 Å². The zero-order valence-corrected chi connectivity index (χ0v) is 15.9. The third-order valence-corrected chi connectivity index (χ3v) is 5.23. The van der Waals surface area contributed by atoms with Gasteiger partial charge in [-0.3, -0.25) is 4.90 Å². The second kappa shape index (κ2) is 8.39. The maximum Gasteiger partial charge on any atom is 0.417 e. The molecule has 29 heavy (non-hydrogen) atoms. The smallest absolute Gasteiger partial charge is 0.371 e. The van der Waals surface area contributed by atoms with Crippen molar-refractivity contribution in [3.63, 3.8) is 0 Å². The number of halogens is 3. The molecule has 0 N–H and O–H groups in total. The van der Waals surface area contributed by atoms with E-state index in [1.54, 1.807) is 18.2 Å². The first-order valence-corrected chi connectivity index (χ1v) is 9.65. The average Bonchev–Trinajstić information content (AvgIpc) is 2.75. The molecule has 3 aromatic carbocycles. The fraction of sp³-hybridized carbons (Fsp3) is 0.250. The second-order valence-electron chi connectivity index (χ2n) is 7.25. The third-order valence-electron chi connectivity index (χ3n) is 5.23. The highest BCUT2D eigenvalue weighted by Gasteiger charge is 2.33. The Hall–Kier alpha value is -2.63. The monoisotopic (exact) mass is 397 g/mol. The Morgan fingerprint density at radius 3 is 2.28 bits per heavy atom. The number of rotatable bonds is 4. The first kappa shape index (κ1) is 19.7. The van der Waals surface area contributed by atoms with Gasteiger partial charge < -0.3 is 4.74 Å². The highest BCUT2D eigenvalue weighted by Crippen LogP contribution is 2.37. The molecule has 0 unspecified atom stereocenters. The molecule has 0 aliphatic carbocycles. The Kier molecular flexibility index (Phi) is 5.69. The fourth-order valence-corrected chi connectivity index (χ4v) is 3.75. The number of hydrogen-bond acceptors (Lipinski definition) is 2. The van der Waals surface area contributed by atoms with Crippen LogP contribution in [0.5, 0.6) is 0 Å². The molecule has 1 aliphatic heterocycles. The molecular weight excluding hydrogens is 375 g/mol. The van der Waals surface area contributed by atoms with Gasteiger partial charge in [-0.1, -0.05) is 72.8 Å². The zero-order valence-electron chi connectivity index (χ0n) is 15.9. The van der Waals surface area contributed by atoms with Crippen LogP contribution < -0.4 is 0 Å². The molecule has 1 heterocycles. The van der Waals surface area contributed by atoms with Crippen molar-refractivity contribution < 1.29 is 17.9 Å². The number of morpholine rings is 1. The quantitative estimate of drug-likeness (QED) is 0.540. The highest BCUT2D eigenvalue weighted by atomic mass is 19.4. The summed E-state index contributed by atoms with van der Waals surface area (Å²) in [6.07, 6.45) is -4.32. The lowest BCUT2D eigenvalue weighted by Crippen LogP contribution is -2.37. The summed E-state index contributed by atoms with van der Waals surface area (Å²) in [6, 6.07) is 23.2. The van der Waals surface area contributed by atoms with Gasteiger partial charge in [0.1, 0.15) is 0 Å². The summed E-state index contributed by atoms with van der Waals surface area (Å²) in [5.74, 6) is 0. The van der Waals surface area contributed by atoms with Gasteiger partial charge >= 0.3 is 6.18 Å². The van der Waals surface area contributed by atoms with Gasteiger partial charge in [-0.25, -0.2) is 0 Å². The summed E-state index contributed by atoms with van der Waals surface area (Å²) in [7, 11) is 0. The molecule has 0 bridgehead atoms. The predicted molar refractivity (Wildman–Crippen MR) is 107 cm³/mol. The van der Waals surface area contributed by atoms with Gasteiger partial charge in [-0.2, -0.15) is 13.2 Å². The highest BCUT2D eigenvalue weighted by molar-refractivity contribution is 5.68. The fourth-order valence-electron chi connectivity index (χ4n) is 3.75. The molecule has 4 rings (SSSR count). The Morgan fingerprint density at radius 1 is 0.862 bits per heavy atom. The van der Waals surface area contributed by atoms with Crippen LogP contribution in [0.15, 0.2) is 78.9 Å². The third kappa shape index (κ3) is 4.69. The molecule has 1 fully saturated rings. The number of hydrogen-bond donors (Lipinski definition) is 0. The summed E-state index contributed by atoms with van der Waals surface area (Å²) in [4.78, 5) is 2.32. The van der Waals surface area contributed by atoms with Crippen LogP contribution in [0.1, 0.15) is 22.8 Å². The van der Waals surface area contributed by atoms with Crippen LogP contribution in [0.4, 0.5) is 13.2 Å². The summed E-state index contributed by atoms with van der Waals surface area (Å²) in [6.45, 7) is 3.04. The van der Waals surface area contributed by atoms with Crippen LogP contribution >= 0.6 is 0 Å². The van der Waals surface area contributed by atoms with E-state index >= 15 is 0 Å². The minimum atomic E-state index is -4.37. The van der Waals surface area contributed by atoms with Gasteiger partial charge in [0.2, 0.25) is 0 Å². The Labute approximate surface area is 168 Å². The van der Waals surface area contributed by atoms with Crippen molar-refractivity contribution in [2.75, 3.05) is 19.7 Å². The molecule has 150 valence electrons. The van der Waals surface area contributed by atoms with Gasteiger partial charge in [0.05, 0.1) is 18.3 Å². The largest absolute Gasteiger partial charge is 0.417 e. The molecule has 0 aromatic heterocycles. The van der Waals surface area contributed by atoms with E-state index in [9.17, 15) is 13.2 Å². The van der Waals surface area contributed by atoms with E-state index in [-0.39, 0.29) is 11.7 Å². The molecule has 1 atom stereocenters. The summed E-state index contributed by atoms with van der Waals surface area (Å²) >= 11 is 0. The summed E-state index contributed by atoms with van der Waals surface area (Å²) in [5, 5.41) is 0. The van der Waals surface area contributed by atoms with E-state index in [2.05, 4.69) is 17.0 Å². The van der Waals surface area contributed by atoms with Crippen molar-refractivity contribution >= 4 is 0 Å². The maximum absolute atomic E-state index is 13.3. The average molecular weight is 397 g/mol. The number of benzene rings is 3. The van der Waals surface area contributed by atoms with Crippen molar-refractivity contribution in [2.45, 2.75) is 18.8 Å². The van der Waals surface area contributed by atoms with Crippen LogP contribution in [0.25, 0.3) is 11.1 Å². The zero-order chi connectivity index (χ0) is 20.3. The van der Waals surface area contributed by atoms with Gasteiger partial charge in [-0.15, -0.1) is 0 Å². The Balaban J connectivity index is 1.47. The molecule has 0 amide bonds. The molecule has 3 aromatic rings. The molecular formula is C24H22F3NO. The second-order valence-corrected chi connectivity index (χ2v) is 7.25. The first-order valence-electron chi connectivity index (χ1n) is 9.65. The minimum Gasteiger partial charge on any atom is -0.371 e. The number of ether oxygens (including phenoxy) is 1. The normalized spacial score (nSPS) is 18.0. The van der Waals surface area contributed by atoms with Gasteiger partial charge in [0.15, 0.2) is 0 Å². The molecule has 0 spiro atoms. The van der Waals surface area contributed by atoms with Crippen LogP contribution in [-0.4, -0.2) is 24.6 Å². The van der Waals surface area contributed by atoms with Gasteiger partial charge in [0, 0.05) is 19.6 Å². The SMILES string of the molecule is FC(F)(F)c1ccccc1-c1ccc(CN2CCO[C@H](c3ccccc3)C2)cc1. The number of nitrogens with zero attached hydrogens (tertiary/aromatic N) is 1. The van der Waals surface area contributed by atoms with E-state index in [0.29, 0.717) is 12.2 Å². The summed E-state index contributed by atoms with van der Waals surface area (Å²) in [5.41, 5.74) is 2.42. The van der Waals surface area contributed by atoms with E-state index in [1.807, 2.05) is 30.3 Å². The first-order chi connectivity index (χ1) is 14.0. The molecule has 0 radical (unpaired) electrons. The summed E-state index contributed by atoms with van der Waals surface area (Å²) < 4.78 is 45.7. The Morgan fingerprint density at radius 2 is 1.55 bits per heavy atom. The lowest BCUT2D eigenvalue weighted by molar-refractivity contribution is -0.137. The molecule has 1 saturated heterocycles. The topological polar surface area (TPSA) is 12.5 Å². The van der Waals surface area contributed by atoms with Crippen molar-refractivity contribution in [1.82, 2.24) is 4.90 Å². The van der Waals surface area contributed by atoms with Gasteiger partial charge in [-0.05, 0) is 28.3 Å².